The van der Waals surface area contributed by atoms with Gasteiger partial charge in [-0.05, 0) is 89.6 Å². The van der Waals surface area contributed by atoms with Crippen LogP contribution in [0.5, 0.6) is 0 Å². The van der Waals surface area contributed by atoms with E-state index in [4.69, 9.17) is 0 Å². The van der Waals surface area contributed by atoms with E-state index in [9.17, 15) is 9.59 Å². The zero-order valence-electron chi connectivity index (χ0n) is 24.5. The molecule has 5 rings (SSSR count). The van der Waals surface area contributed by atoms with Crippen LogP contribution in [-0.4, -0.2) is 59.4 Å². The Bertz CT molecular complexity index is 1300. The molecule has 2 amide bonds. The van der Waals surface area contributed by atoms with Crippen LogP contribution >= 0.6 is 0 Å². The summed E-state index contributed by atoms with van der Waals surface area (Å²) in [6.07, 6.45) is 4.76. The van der Waals surface area contributed by atoms with Crippen LogP contribution in [0, 0.1) is 27.7 Å². The Morgan fingerprint density at radius 2 is 1.32 bits per heavy atom. The van der Waals surface area contributed by atoms with E-state index in [-0.39, 0.29) is 23.9 Å². The van der Waals surface area contributed by atoms with Crippen molar-refractivity contribution in [3.63, 3.8) is 0 Å². The fourth-order valence-corrected chi connectivity index (χ4v) is 6.76. The third kappa shape index (κ3) is 6.82. The van der Waals surface area contributed by atoms with Crippen molar-refractivity contribution >= 4 is 11.8 Å². The number of nitrogens with one attached hydrogen (secondary N) is 1. The SMILES string of the molecule is Cc1cc(C)cc(C(=O)NC2CCN([C@@H]3CCN(C(=O)c4cc(C)cc(C)c4)[C@@H](Cc4ccccc4)C3)CC2)c1. The summed E-state index contributed by atoms with van der Waals surface area (Å²) in [5.74, 6) is 0.186. The highest BCUT2D eigenvalue weighted by Crippen LogP contribution is 2.29. The van der Waals surface area contributed by atoms with Gasteiger partial charge in [0.05, 0.1) is 0 Å². The molecule has 1 N–H and O–H groups in total. The number of likely N-dealkylation sites (tertiary alicyclic amines) is 2. The average molecular weight is 538 g/mol. The van der Waals surface area contributed by atoms with E-state index in [2.05, 4.69) is 71.4 Å². The summed E-state index contributed by atoms with van der Waals surface area (Å²) in [6.45, 7) is 10.9. The number of hydrogen-bond acceptors (Lipinski definition) is 3. The molecule has 0 aromatic heterocycles. The molecule has 0 bridgehead atoms. The lowest BCUT2D eigenvalue weighted by molar-refractivity contribution is 0.0372. The van der Waals surface area contributed by atoms with E-state index in [1.807, 2.05) is 38.1 Å². The Morgan fingerprint density at radius 3 is 1.93 bits per heavy atom. The van der Waals surface area contributed by atoms with Crippen LogP contribution in [0.15, 0.2) is 66.7 Å². The van der Waals surface area contributed by atoms with Crippen molar-refractivity contribution in [3.8, 4) is 0 Å². The first kappa shape index (κ1) is 28.1. The summed E-state index contributed by atoms with van der Waals surface area (Å²) in [4.78, 5) is 31.4. The molecule has 5 nitrogen and oxygen atoms in total. The summed E-state index contributed by atoms with van der Waals surface area (Å²) in [5, 5.41) is 3.29. The lowest BCUT2D eigenvalue weighted by Crippen LogP contribution is -2.55. The molecule has 2 aliphatic heterocycles. The van der Waals surface area contributed by atoms with Crippen molar-refractivity contribution < 1.29 is 9.59 Å². The second-order valence-electron chi connectivity index (χ2n) is 12.1. The molecule has 2 atom stereocenters. The number of nitrogens with zero attached hydrogens (tertiary/aromatic N) is 2. The number of amides is 2. The van der Waals surface area contributed by atoms with E-state index in [0.29, 0.717) is 6.04 Å². The third-order valence-corrected chi connectivity index (χ3v) is 8.60. The molecule has 2 fully saturated rings. The topological polar surface area (TPSA) is 52.7 Å². The van der Waals surface area contributed by atoms with Gasteiger partial charge in [-0.15, -0.1) is 0 Å². The summed E-state index contributed by atoms with van der Waals surface area (Å²) in [5.41, 5.74) is 7.33. The van der Waals surface area contributed by atoms with Gasteiger partial charge in [0, 0.05) is 48.9 Å². The number of rotatable bonds is 6. The third-order valence-electron chi connectivity index (χ3n) is 8.60. The highest BCUT2D eigenvalue weighted by molar-refractivity contribution is 5.95. The predicted molar refractivity (Wildman–Crippen MR) is 162 cm³/mol. The van der Waals surface area contributed by atoms with Crippen LogP contribution in [0.2, 0.25) is 0 Å². The van der Waals surface area contributed by atoms with Gasteiger partial charge < -0.3 is 15.1 Å². The fourth-order valence-electron chi connectivity index (χ4n) is 6.76. The second kappa shape index (κ2) is 12.4. The summed E-state index contributed by atoms with van der Waals surface area (Å²) >= 11 is 0. The zero-order chi connectivity index (χ0) is 28.2. The summed E-state index contributed by atoms with van der Waals surface area (Å²) < 4.78 is 0. The molecule has 3 aromatic rings. The first-order valence-corrected chi connectivity index (χ1v) is 14.8. The number of aryl methyl sites for hydroxylation is 4. The van der Waals surface area contributed by atoms with E-state index in [1.165, 1.54) is 5.56 Å². The molecule has 210 valence electrons. The quantitative estimate of drug-likeness (QED) is 0.418. The number of carbonyl (C=O) groups excluding carboxylic acids is 2. The lowest BCUT2D eigenvalue weighted by atomic mass is 9.89. The minimum Gasteiger partial charge on any atom is -0.349 e. The van der Waals surface area contributed by atoms with Crippen LogP contribution in [0.25, 0.3) is 0 Å². The van der Waals surface area contributed by atoms with E-state index in [1.54, 1.807) is 0 Å². The molecule has 0 aliphatic carbocycles. The largest absolute Gasteiger partial charge is 0.349 e. The van der Waals surface area contributed by atoms with Gasteiger partial charge in [-0.3, -0.25) is 9.59 Å². The lowest BCUT2D eigenvalue weighted by Gasteiger charge is -2.45. The first-order valence-electron chi connectivity index (χ1n) is 14.8. The Kier molecular flexibility index (Phi) is 8.70. The Hall–Kier alpha value is -3.44. The standard InChI is InChI=1S/C35H43N3O2/c1-24-16-25(2)19-29(18-24)34(39)36-31-10-13-37(14-11-31)32-12-15-38(33(23-32)22-28-8-6-5-7-9-28)35(40)30-20-26(3)17-27(4)21-30/h5-9,16-21,31-33H,10-15,22-23H2,1-4H3,(H,36,39)/t32-,33+/m1/s1. The van der Waals surface area contributed by atoms with Crippen LogP contribution in [-0.2, 0) is 6.42 Å². The normalized spacial score (nSPS) is 20.4. The second-order valence-corrected chi connectivity index (χ2v) is 12.1. The first-order chi connectivity index (χ1) is 19.2. The van der Waals surface area contributed by atoms with Gasteiger partial charge in [0.25, 0.3) is 11.8 Å². The Balaban J connectivity index is 1.23. The molecular formula is C35H43N3O2. The molecule has 2 heterocycles. The number of carbonyl (C=O) groups is 2. The van der Waals surface area contributed by atoms with Crippen LogP contribution in [0.1, 0.15) is 74.2 Å². The van der Waals surface area contributed by atoms with Gasteiger partial charge in [-0.1, -0.05) is 64.7 Å². The highest BCUT2D eigenvalue weighted by atomic mass is 16.2. The molecule has 0 radical (unpaired) electrons. The summed E-state index contributed by atoms with van der Waals surface area (Å²) in [6, 6.07) is 23.6. The maximum Gasteiger partial charge on any atom is 0.254 e. The van der Waals surface area contributed by atoms with Crippen LogP contribution < -0.4 is 5.32 Å². The van der Waals surface area contributed by atoms with E-state index < -0.39 is 0 Å². The predicted octanol–water partition coefficient (Wildman–Crippen LogP) is 6.03. The molecule has 40 heavy (non-hydrogen) atoms. The number of piperidine rings is 2. The molecule has 0 saturated carbocycles. The molecule has 2 saturated heterocycles. The average Bonchev–Trinajstić information content (AvgIpc) is 2.92. The minimum atomic E-state index is 0.0337. The Labute approximate surface area is 239 Å². The maximum atomic E-state index is 13.8. The van der Waals surface area contributed by atoms with Gasteiger partial charge in [-0.25, -0.2) is 0 Å². The van der Waals surface area contributed by atoms with Crippen molar-refractivity contribution in [1.82, 2.24) is 15.1 Å². The van der Waals surface area contributed by atoms with Gasteiger partial charge in [-0.2, -0.15) is 0 Å². The van der Waals surface area contributed by atoms with Crippen molar-refractivity contribution in [1.29, 1.82) is 0 Å². The van der Waals surface area contributed by atoms with E-state index >= 15 is 0 Å². The van der Waals surface area contributed by atoms with Gasteiger partial charge in [0.2, 0.25) is 0 Å². The van der Waals surface area contributed by atoms with Crippen molar-refractivity contribution in [2.75, 3.05) is 19.6 Å². The Morgan fingerprint density at radius 1 is 0.750 bits per heavy atom. The van der Waals surface area contributed by atoms with Gasteiger partial charge in [0.15, 0.2) is 0 Å². The van der Waals surface area contributed by atoms with Crippen molar-refractivity contribution in [2.45, 2.75) is 77.9 Å². The summed E-state index contributed by atoms with van der Waals surface area (Å²) in [7, 11) is 0. The number of hydrogen-bond donors (Lipinski definition) is 1. The van der Waals surface area contributed by atoms with Gasteiger partial charge in [0.1, 0.15) is 0 Å². The van der Waals surface area contributed by atoms with Crippen LogP contribution in [0.4, 0.5) is 0 Å². The van der Waals surface area contributed by atoms with Crippen molar-refractivity contribution in [3.05, 3.63) is 106 Å². The van der Waals surface area contributed by atoms with Crippen molar-refractivity contribution in [2.24, 2.45) is 0 Å². The molecule has 5 heteroatoms. The maximum absolute atomic E-state index is 13.8. The monoisotopic (exact) mass is 537 g/mol. The molecule has 3 aromatic carbocycles. The molecular weight excluding hydrogens is 494 g/mol. The minimum absolute atomic E-state index is 0.0337. The molecule has 0 spiro atoms. The van der Waals surface area contributed by atoms with Gasteiger partial charge >= 0.3 is 0 Å². The molecule has 2 aliphatic rings. The fraction of sp³-hybridized carbons (Fsp3) is 0.429. The van der Waals surface area contributed by atoms with Crippen LogP contribution in [0.3, 0.4) is 0 Å². The molecule has 0 unspecified atom stereocenters. The number of benzene rings is 3. The highest BCUT2D eigenvalue weighted by Gasteiger charge is 2.36. The zero-order valence-corrected chi connectivity index (χ0v) is 24.5. The smallest absolute Gasteiger partial charge is 0.254 e. The van der Waals surface area contributed by atoms with E-state index in [0.717, 1.165) is 85.1 Å².